The van der Waals surface area contributed by atoms with E-state index in [0.717, 1.165) is 18.6 Å². The number of rotatable bonds is 3. The fourth-order valence-corrected chi connectivity index (χ4v) is 2.73. The molecule has 0 aromatic rings. The molecule has 2 atom stereocenters. The van der Waals surface area contributed by atoms with E-state index >= 15 is 0 Å². The molecule has 2 unspecified atom stereocenters. The van der Waals surface area contributed by atoms with Crippen molar-refractivity contribution in [3.8, 4) is 0 Å². The predicted molar refractivity (Wildman–Crippen MR) is 58.4 cm³/mol. The number of nitrogens with one attached hydrogen (secondary N) is 1. The van der Waals surface area contributed by atoms with E-state index in [2.05, 4.69) is 12.2 Å². The quantitative estimate of drug-likeness (QED) is 0.750. The Bertz CT molecular complexity index is 166. The van der Waals surface area contributed by atoms with Crippen molar-refractivity contribution < 1.29 is 4.74 Å². The molecule has 0 spiro atoms. The maximum Gasteiger partial charge on any atom is 0.0561 e. The zero-order valence-corrected chi connectivity index (χ0v) is 9.30. The van der Waals surface area contributed by atoms with Crippen LogP contribution in [0.2, 0.25) is 0 Å². The molecule has 0 aromatic carbocycles. The van der Waals surface area contributed by atoms with Crippen LogP contribution in [0.3, 0.4) is 0 Å². The molecule has 1 saturated heterocycles. The first-order chi connectivity index (χ1) is 6.84. The van der Waals surface area contributed by atoms with Crippen LogP contribution in [-0.4, -0.2) is 25.3 Å². The average molecular weight is 197 g/mol. The first kappa shape index (κ1) is 10.4. The molecule has 1 saturated carbocycles. The van der Waals surface area contributed by atoms with Crippen molar-refractivity contribution in [2.75, 3.05) is 13.2 Å². The lowest BCUT2D eigenvalue weighted by molar-refractivity contribution is 0.0127. The van der Waals surface area contributed by atoms with Crippen LogP contribution in [0.15, 0.2) is 0 Å². The standard InChI is InChI=1S/C12H23NO/c1-10-8-12(6-7-14-10)13-9-11-4-2-3-5-11/h10-13H,2-9H2,1H3. The van der Waals surface area contributed by atoms with E-state index in [1.54, 1.807) is 0 Å². The van der Waals surface area contributed by atoms with Gasteiger partial charge >= 0.3 is 0 Å². The Hall–Kier alpha value is -0.0800. The highest BCUT2D eigenvalue weighted by Crippen LogP contribution is 2.24. The molecule has 1 N–H and O–H groups in total. The minimum absolute atomic E-state index is 0.463. The van der Waals surface area contributed by atoms with Crippen molar-refractivity contribution in [2.45, 2.75) is 57.6 Å². The average Bonchev–Trinajstić information content (AvgIpc) is 2.67. The van der Waals surface area contributed by atoms with E-state index in [4.69, 9.17) is 4.74 Å². The molecule has 1 aliphatic heterocycles. The summed E-state index contributed by atoms with van der Waals surface area (Å²) in [6, 6.07) is 0.722. The molecule has 1 heterocycles. The van der Waals surface area contributed by atoms with Crippen molar-refractivity contribution in [2.24, 2.45) is 5.92 Å². The summed E-state index contributed by atoms with van der Waals surface area (Å²) in [5, 5.41) is 3.71. The molecule has 2 nitrogen and oxygen atoms in total. The van der Waals surface area contributed by atoms with Crippen molar-refractivity contribution in [3.05, 3.63) is 0 Å². The topological polar surface area (TPSA) is 21.3 Å². The maximum atomic E-state index is 5.54. The van der Waals surface area contributed by atoms with Gasteiger partial charge in [-0.2, -0.15) is 0 Å². The molecular formula is C12H23NO. The van der Waals surface area contributed by atoms with Crippen LogP contribution in [0, 0.1) is 5.92 Å². The molecule has 2 heteroatoms. The minimum Gasteiger partial charge on any atom is -0.378 e. The number of ether oxygens (including phenoxy) is 1. The van der Waals surface area contributed by atoms with Crippen LogP contribution in [0.25, 0.3) is 0 Å². The number of hydrogen-bond donors (Lipinski definition) is 1. The molecule has 0 amide bonds. The van der Waals surface area contributed by atoms with Gasteiger partial charge in [0.05, 0.1) is 6.10 Å². The summed E-state index contributed by atoms with van der Waals surface area (Å²) in [7, 11) is 0. The van der Waals surface area contributed by atoms with Crippen LogP contribution in [0.1, 0.15) is 45.4 Å². The van der Waals surface area contributed by atoms with Crippen LogP contribution in [0.4, 0.5) is 0 Å². The van der Waals surface area contributed by atoms with Gasteiger partial charge in [0, 0.05) is 12.6 Å². The molecule has 0 bridgehead atoms. The van der Waals surface area contributed by atoms with Crippen LogP contribution in [-0.2, 0) is 4.74 Å². The molecule has 82 valence electrons. The summed E-state index contributed by atoms with van der Waals surface area (Å²) in [5.41, 5.74) is 0. The van der Waals surface area contributed by atoms with Crippen molar-refractivity contribution in [1.82, 2.24) is 5.32 Å². The predicted octanol–water partition coefficient (Wildman–Crippen LogP) is 2.33. The second-order valence-corrected chi connectivity index (χ2v) is 4.96. The summed E-state index contributed by atoms with van der Waals surface area (Å²) in [6.07, 6.45) is 8.68. The molecule has 0 radical (unpaired) electrons. The molecule has 2 aliphatic rings. The molecule has 1 aliphatic carbocycles. The first-order valence-corrected chi connectivity index (χ1v) is 6.19. The van der Waals surface area contributed by atoms with Crippen molar-refractivity contribution in [1.29, 1.82) is 0 Å². The summed E-state index contributed by atoms with van der Waals surface area (Å²) in [5.74, 6) is 0.966. The molecular weight excluding hydrogens is 174 g/mol. The Balaban J connectivity index is 1.64. The van der Waals surface area contributed by atoms with Gasteiger partial charge in [-0.25, -0.2) is 0 Å². The van der Waals surface area contributed by atoms with Gasteiger partial charge in [0.15, 0.2) is 0 Å². The third-order valence-corrected chi connectivity index (χ3v) is 3.66. The lowest BCUT2D eigenvalue weighted by atomic mass is 10.0. The van der Waals surface area contributed by atoms with E-state index in [1.165, 1.54) is 45.1 Å². The SMILES string of the molecule is CC1CC(NCC2CCCC2)CCO1. The fourth-order valence-electron chi connectivity index (χ4n) is 2.73. The van der Waals surface area contributed by atoms with E-state index < -0.39 is 0 Å². The summed E-state index contributed by atoms with van der Waals surface area (Å²) >= 11 is 0. The van der Waals surface area contributed by atoms with Crippen molar-refractivity contribution >= 4 is 0 Å². The lowest BCUT2D eigenvalue weighted by Crippen LogP contribution is -2.39. The number of hydrogen-bond acceptors (Lipinski definition) is 2. The van der Waals surface area contributed by atoms with Crippen LogP contribution >= 0.6 is 0 Å². The van der Waals surface area contributed by atoms with Gasteiger partial charge < -0.3 is 10.1 Å². The van der Waals surface area contributed by atoms with Crippen LogP contribution < -0.4 is 5.32 Å². The highest BCUT2D eigenvalue weighted by molar-refractivity contribution is 4.77. The highest BCUT2D eigenvalue weighted by atomic mass is 16.5. The first-order valence-electron chi connectivity index (χ1n) is 6.19. The summed E-state index contributed by atoms with van der Waals surface area (Å²) in [4.78, 5) is 0. The van der Waals surface area contributed by atoms with E-state index in [-0.39, 0.29) is 0 Å². The zero-order chi connectivity index (χ0) is 9.80. The summed E-state index contributed by atoms with van der Waals surface area (Å²) in [6.45, 7) is 4.38. The van der Waals surface area contributed by atoms with E-state index in [0.29, 0.717) is 6.10 Å². The third-order valence-electron chi connectivity index (χ3n) is 3.66. The Morgan fingerprint density at radius 2 is 2.00 bits per heavy atom. The van der Waals surface area contributed by atoms with Gasteiger partial charge in [0.1, 0.15) is 0 Å². The van der Waals surface area contributed by atoms with Gasteiger partial charge in [-0.1, -0.05) is 12.8 Å². The summed E-state index contributed by atoms with van der Waals surface area (Å²) < 4.78 is 5.54. The van der Waals surface area contributed by atoms with E-state index in [1.807, 2.05) is 0 Å². The highest BCUT2D eigenvalue weighted by Gasteiger charge is 2.21. The van der Waals surface area contributed by atoms with Gasteiger partial charge in [0.25, 0.3) is 0 Å². The Labute approximate surface area is 87.4 Å². The third kappa shape index (κ3) is 2.96. The Morgan fingerprint density at radius 1 is 1.21 bits per heavy atom. The lowest BCUT2D eigenvalue weighted by Gasteiger charge is -2.29. The Kier molecular flexibility index (Phi) is 3.82. The van der Waals surface area contributed by atoms with Gasteiger partial charge in [-0.3, -0.25) is 0 Å². The smallest absolute Gasteiger partial charge is 0.0561 e. The zero-order valence-electron chi connectivity index (χ0n) is 9.30. The molecule has 0 aromatic heterocycles. The molecule has 2 rings (SSSR count). The normalized spacial score (nSPS) is 34.9. The van der Waals surface area contributed by atoms with Gasteiger partial charge in [0.2, 0.25) is 0 Å². The van der Waals surface area contributed by atoms with Gasteiger partial charge in [-0.05, 0) is 45.1 Å². The fraction of sp³-hybridized carbons (Fsp3) is 1.00. The minimum atomic E-state index is 0.463. The van der Waals surface area contributed by atoms with E-state index in [9.17, 15) is 0 Å². The molecule has 14 heavy (non-hydrogen) atoms. The monoisotopic (exact) mass is 197 g/mol. The Morgan fingerprint density at radius 3 is 2.71 bits per heavy atom. The largest absolute Gasteiger partial charge is 0.378 e. The second kappa shape index (κ2) is 5.13. The maximum absolute atomic E-state index is 5.54. The van der Waals surface area contributed by atoms with Crippen LogP contribution in [0.5, 0.6) is 0 Å². The van der Waals surface area contributed by atoms with Crippen molar-refractivity contribution in [3.63, 3.8) is 0 Å². The molecule has 2 fully saturated rings. The van der Waals surface area contributed by atoms with Gasteiger partial charge in [-0.15, -0.1) is 0 Å². The second-order valence-electron chi connectivity index (χ2n) is 4.96.